The van der Waals surface area contributed by atoms with Gasteiger partial charge < -0.3 is 9.72 Å². The van der Waals surface area contributed by atoms with Gasteiger partial charge in [-0.3, -0.25) is 0 Å². The van der Waals surface area contributed by atoms with E-state index in [1.54, 1.807) is 18.3 Å². The smallest absolute Gasteiger partial charge is 0.238 e. The Morgan fingerprint density at radius 2 is 1.95 bits per heavy atom. The standard InChI is InChI=1S/C15H15N3O3S/c1-10-8-17-15(18-10)9-21-13-4-2-11-3-5-14(22(16,19)20)7-12(11)6-13/h2-8H,9H2,1H3,(H,17,18)(H2,16,19,20). The zero-order chi connectivity index (χ0) is 15.7. The van der Waals surface area contributed by atoms with Gasteiger partial charge >= 0.3 is 0 Å². The van der Waals surface area contributed by atoms with Crippen molar-refractivity contribution in [2.24, 2.45) is 5.14 Å². The second kappa shape index (κ2) is 5.43. The summed E-state index contributed by atoms with van der Waals surface area (Å²) in [5, 5.41) is 6.81. The van der Waals surface area contributed by atoms with Crippen molar-refractivity contribution in [3.8, 4) is 5.75 Å². The number of nitrogens with one attached hydrogen (secondary N) is 1. The van der Waals surface area contributed by atoms with Crippen LogP contribution in [-0.4, -0.2) is 18.4 Å². The molecule has 3 N–H and O–H groups in total. The molecule has 0 saturated heterocycles. The molecule has 0 radical (unpaired) electrons. The predicted molar refractivity (Wildman–Crippen MR) is 83.0 cm³/mol. The van der Waals surface area contributed by atoms with Gasteiger partial charge in [0, 0.05) is 11.9 Å². The number of rotatable bonds is 4. The van der Waals surface area contributed by atoms with Gasteiger partial charge in [0.1, 0.15) is 18.2 Å². The summed E-state index contributed by atoms with van der Waals surface area (Å²) in [5.41, 5.74) is 0.968. The van der Waals surface area contributed by atoms with E-state index >= 15 is 0 Å². The number of ether oxygens (including phenoxy) is 1. The van der Waals surface area contributed by atoms with E-state index in [0.29, 0.717) is 12.4 Å². The van der Waals surface area contributed by atoms with E-state index in [1.165, 1.54) is 12.1 Å². The molecule has 0 spiro atoms. The number of primary sulfonamides is 1. The third-order valence-electron chi connectivity index (χ3n) is 3.24. The molecule has 0 unspecified atom stereocenters. The number of sulfonamides is 1. The van der Waals surface area contributed by atoms with Gasteiger partial charge in [0.05, 0.1) is 4.90 Å². The number of aromatic amines is 1. The van der Waals surface area contributed by atoms with Crippen molar-refractivity contribution >= 4 is 20.8 Å². The first-order valence-electron chi connectivity index (χ1n) is 6.62. The van der Waals surface area contributed by atoms with Crippen LogP contribution in [-0.2, 0) is 16.6 Å². The van der Waals surface area contributed by atoms with Crippen LogP contribution in [0.4, 0.5) is 0 Å². The van der Waals surface area contributed by atoms with E-state index in [2.05, 4.69) is 9.97 Å². The number of hydrogen-bond donors (Lipinski definition) is 2. The molecule has 0 bridgehead atoms. The molecule has 1 heterocycles. The van der Waals surface area contributed by atoms with Crippen LogP contribution in [0.2, 0.25) is 0 Å². The molecule has 3 aromatic rings. The van der Waals surface area contributed by atoms with E-state index in [9.17, 15) is 8.42 Å². The Morgan fingerprint density at radius 3 is 2.64 bits per heavy atom. The summed E-state index contributed by atoms with van der Waals surface area (Å²) in [4.78, 5) is 7.33. The Labute approximate surface area is 128 Å². The monoisotopic (exact) mass is 317 g/mol. The van der Waals surface area contributed by atoms with Crippen molar-refractivity contribution in [2.45, 2.75) is 18.4 Å². The predicted octanol–water partition coefficient (Wildman–Crippen LogP) is 2.10. The van der Waals surface area contributed by atoms with Crippen LogP contribution in [0.25, 0.3) is 10.8 Å². The Hall–Kier alpha value is -2.38. The van der Waals surface area contributed by atoms with Gasteiger partial charge in [0.25, 0.3) is 0 Å². The number of nitrogens with zero attached hydrogens (tertiary/aromatic N) is 1. The minimum Gasteiger partial charge on any atom is -0.486 e. The molecule has 0 atom stereocenters. The lowest BCUT2D eigenvalue weighted by molar-refractivity contribution is 0.297. The summed E-state index contributed by atoms with van der Waals surface area (Å²) in [6, 6.07) is 10.2. The van der Waals surface area contributed by atoms with Crippen molar-refractivity contribution < 1.29 is 13.2 Å². The molecule has 0 aliphatic rings. The Morgan fingerprint density at radius 1 is 1.18 bits per heavy atom. The van der Waals surface area contributed by atoms with Crippen LogP contribution in [0.1, 0.15) is 11.5 Å². The summed E-state index contributed by atoms with van der Waals surface area (Å²) < 4.78 is 28.5. The third-order valence-corrected chi connectivity index (χ3v) is 4.15. The van der Waals surface area contributed by atoms with Crippen molar-refractivity contribution in [1.29, 1.82) is 0 Å². The highest BCUT2D eigenvalue weighted by atomic mass is 32.2. The Balaban J connectivity index is 1.87. The molecule has 0 aliphatic carbocycles. The molecule has 0 fully saturated rings. The van der Waals surface area contributed by atoms with Gasteiger partial charge in [-0.2, -0.15) is 0 Å². The summed E-state index contributed by atoms with van der Waals surface area (Å²) in [6.45, 7) is 2.23. The molecule has 114 valence electrons. The highest BCUT2D eigenvalue weighted by molar-refractivity contribution is 7.89. The molecule has 0 amide bonds. The maximum absolute atomic E-state index is 11.4. The molecule has 0 aliphatic heterocycles. The minimum atomic E-state index is -3.72. The maximum atomic E-state index is 11.4. The van der Waals surface area contributed by atoms with E-state index in [1.807, 2.05) is 19.1 Å². The van der Waals surface area contributed by atoms with Crippen molar-refractivity contribution in [3.63, 3.8) is 0 Å². The number of hydrogen-bond acceptors (Lipinski definition) is 4. The number of benzene rings is 2. The molecular formula is C15H15N3O3S. The quantitative estimate of drug-likeness (QED) is 0.770. The average Bonchev–Trinajstić information content (AvgIpc) is 2.89. The fourth-order valence-corrected chi connectivity index (χ4v) is 2.71. The molecule has 1 aromatic heterocycles. The van der Waals surface area contributed by atoms with Crippen LogP contribution in [0.5, 0.6) is 5.75 Å². The van der Waals surface area contributed by atoms with E-state index in [-0.39, 0.29) is 4.90 Å². The van der Waals surface area contributed by atoms with Crippen LogP contribution >= 0.6 is 0 Å². The van der Waals surface area contributed by atoms with E-state index in [0.717, 1.165) is 22.3 Å². The first kappa shape index (κ1) is 14.6. The number of aryl methyl sites for hydroxylation is 1. The van der Waals surface area contributed by atoms with Gasteiger partial charge in [-0.15, -0.1) is 0 Å². The van der Waals surface area contributed by atoms with Gasteiger partial charge in [0.2, 0.25) is 10.0 Å². The molecule has 3 rings (SSSR count). The average molecular weight is 317 g/mol. The third kappa shape index (κ3) is 3.10. The number of H-pyrrole nitrogens is 1. The molecule has 0 saturated carbocycles. The summed E-state index contributed by atoms with van der Waals surface area (Å²) in [5.74, 6) is 1.36. The largest absolute Gasteiger partial charge is 0.486 e. The first-order valence-corrected chi connectivity index (χ1v) is 8.16. The van der Waals surface area contributed by atoms with Crippen LogP contribution in [0.15, 0.2) is 47.5 Å². The second-order valence-corrected chi connectivity index (χ2v) is 6.58. The van der Waals surface area contributed by atoms with Crippen molar-refractivity contribution in [2.75, 3.05) is 0 Å². The minimum absolute atomic E-state index is 0.0822. The first-order chi connectivity index (χ1) is 10.4. The van der Waals surface area contributed by atoms with Crippen LogP contribution < -0.4 is 9.88 Å². The number of fused-ring (bicyclic) bond motifs is 1. The van der Waals surface area contributed by atoms with E-state index < -0.39 is 10.0 Å². The topological polar surface area (TPSA) is 98.1 Å². The lowest BCUT2D eigenvalue weighted by Crippen LogP contribution is -2.11. The van der Waals surface area contributed by atoms with Crippen molar-refractivity contribution in [3.05, 3.63) is 54.1 Å². The number of aromatic nitrogens is 2. The molecule has 7 heteroatoms. The lowest BCUT2D eigenvalue weighted by atomic mass is 10.1. The summed E-state index contributed by atoms with van der Waals surface area (Å²) in [7, 11) is -3.72. The number of imidazole rings is 1. The Kier molecular flexibility index (Phi) is 3.59. The maximum Gasteiger partial charge on any atom is 0.238 e. The molecule has 6 nitrogen and oxygen atoms in total. The van der Waals surface area contributed by atoms with Gasteiger partial charge in [-0.25, -0.2) is 18.5 Å². The lowest BCUT2D eigenvalue weighted by Gasteiger charge is -2.07. The van der Waals surface area contributed by atoms with Gasteiger partial charge in [0.15, 0.2) is 0 Å². The zero-order valence-electron chi connectivity index (χ0n) is 11.9. The summed E-state index contributed by atoms with van der Waals surface area (Å²) in [6.07, 6.45) is 1.73. The molecule has 22 heavy (non-hydrogen) atoms. The molecular weight excluding hydrogens is 302 g/mol. The highest BCUT2D eigenvalue weighted by Crippen LogP contribution is 2.24. The summed E-state index contributed by atoms with van der Waals surface area (Å²) >= 11 is 0. The highest BCUT2D eigenvalue weighted by Gasteiger charge is 2.08. The normalized spacial score (nSPS) is 11.7. The van der Waals surface area contributed by atoms with Crippen molar-refractivity contribution in [1.82, 2.24) is 9.97 Å². The second-order valence-electron chi connectivity index (χ2n) is 5.02. The fourth-order valence-electron chi connectivity index (χ4n) is 2.16. The zero-order valence-corrected chi connectivity index (χ0v) is 12.7. The van der Waals surface area contributed by atoms with Gasteiger partial charge in [-0.05, 0) is 42.0 Å². The molecule has 2 aromatic carbocycles. The Bertz CT molecular complexity index is 932. The van der Waals surface area contributed by atoms with E-state index in [4.69, 9.17) is 9.88 Å². The van der Waals surface area contributed by atoms with Crippen LogP contribution in [0.3, 0.4) is 0 Å². The van der Waals surface area contributed by atoms with Gasteiger partial charge in [-0.1, -0.05) is 12.1 Å². The van der Waals surface area contributed by atoms with Crippen LogP contribution in [0, 0.1) is 6.92 Å². The number of nitrogens with two attached hydrogens (primary N) is 1. The fraction of sp³-hybridized carbons (Fsp3) is 0.133. The SMILES string of the molecule is Cc1cnc(COc2ccc3ccc(S(N)(=O)=O)cc3c2)[nH]1.